The lowest BCUT2D eigenvalue weighted by atomic mass is 10.2. The maximum absolute atomic E-state index is 6.02. The van der Waals surface area contributed by atoms with Crippen molar-refractivity contribution < 1.29 is 0 Å². The van der Waals surface area contributed by atoms with Crippen LogP contribution in [0, 0.1) is 5.92 Å². The molecule has 1 aromatic carbocycles. The van der Waals surface area contributed by atoms with Gasteiger partial charge in [-0.25, -0.2) is 4.98 Å². The second-order valence-corrected chi connectivity index (χ2v) is 6.84. The van der Waals surface area contributed by atoms with Crippen molar-refractivity contribution in [3.05, 3.63) is 40.7 Å². The van der Waals surface area contributed by atoms with Gasteiger partial charge in [-0.1, -0.05) is 30.3 Å². The van der Waals surface area contributed by atoms with Crippen molar-refractivity contribution in [3.8, 4) is 11.3 Å². The average Bonchev–Trinajstić information content (AvgIpc) is 2.76. The van der Waals surface area contributed by atoms with Crippen molar-refractivity contribution in [2.75, 3.05) is 0 Å². The van der Waals surface area contributed by atoms with Crippen LogP contribution in [0.4, 0.5) is 0 Å². The van der Waals surface area contributed by atoms with Crippen LogP contribution in [0.5, 0.6) is 0 Å². The van der Waals surface area contributed by atoms with E-state index in [1.54, 1.807) is 11.3 Å². The predicted octanol–water partition coefficient (Wildman–Crippen LogP) is 5.12. The molecule has 1 unspecified atom stereocenters. The van der Waals surface area contributed by atoms with Gasteiger partial charge in [-0.15, -0.1) is 51.5 Å². The first-order valence-corrected chi connectivity index (χ1v) is 7.16. The van der Waals surface area contributed by atoms with E-state index in [9.17, 15) is 0 Å². The molecule has 3 rings (SSSR count). The van der Waals surface area contributed by atoms with Gasteiger partial charge in [-0.2, -0.15) is 0 Å². The Labute approximate surface area is 131 Å². The lowest BCUT2D eigenvalue weighted by Crippen LogP contribution is -1.94. The minimum absolute atomic E-state index is 0. The molecule has 0 aliphatic heterocycles. The van der Waals surface area contributed by atoms with Crippen molar-refractivity contribution in [3.63, 3.8) is 0 Å². The molecule has 1 nitrogen and oxygen atoms in total. The summed E-state index contributed by atoms with van der Waals surface area (Å²) in [6.45, 7) is 0. The van der Waals surface area contributed by atoms with E-state index in [1.807, 2.05) is 18.2 Å². The zero-order valence-corrected chi connectivity index (χ0v) is 13.5. The predicted molar refractivity (Wildman–Crippen MR) is 84.1 cm³/mol. The van der Waals surface area contributed by atoms with E-state index in [4.69, 9.17) is 23.2 Å². The van der Waals surface area contributed by atoms with Gasteiger partial charge >= 0.3 is 0 Å². The quantitative estimate of drug-likeness (QED) is 0.688. The largest absolute Gasteiger partial charge is 0.241 e. The smallest absolute Gasteiger partial charge is 0.122 e. The van der Waals surface area contributed by atoms with E-state index in [2.05, 4.69) is 22.5 Å². The Balaban J connectivity index is 0.00000120. The highest BCUT2D eigenvalue weighted by Crippen LogP contribution is 2.54. The number of benzene rings is 1. The van der Waals surface area contributed by atoms with Gasteiger partial charge in [-0.05, 0) is 6.42 Å². The summed E-state index contributed by atoms with van der Waals surface area (Å²) in [4.78, 5) is 4.63. The third kappa shape index (κ3) is 3.08. The van der Waals surface area contributed by atoms with Crippen LogP contribution in [0.1, 0.15) is 11.4 Å². The third-order valence-corrected chi connectivity index (χ3v) is 4.79. The fourth-order valence-electron chi connectivity index (χ4n) is 1.85. The van der Waals surface area contributed by atoms with E-state index in [1.165, 1.54) is 0 Å². The van der Waals surface area contributed by atoms with E-state index >= 15 is 0 Å². The Kier molecular flexibility index (Phi) is 4.37. The monoisotopic (exact) mass is 363 g/mol. The molecule has 0 spiro atoms. The molecule has 1 aliphatic carbocycles. The highest BCUT2D eigenvalue weighted by atomic mass is 79.9. The molecule has 18 heavy (non-hydrogen) atoms. The summed E-state index contributed by atoms with van der Waals surface area (Å²) < 4.78 is -0.501. The van der Waals surface area contributed by atoms with Crippen molar-refractivity contribution >= 4 is 51.5 Å². The molecule has 1 heterocycles. The number of nitrogens with zero attached hydrogens (tertiary/aromatic N) is 1. The van der Waals surface area contributed by atoms with Crippen molar-refractivity contribution in [2.45, 2.75) is 17.2 Å². The van der Waals surface area contributed by atoms with E-state index in [0.717, 1.165) is 29.1 Å². The van der Waals surface area contributed by atoms with Crippen LogP contribution in [0.15, 0.2) is 35.7 Å². The summed E-state index contributed by atoms with van der Waals surface area (Å²) in [5, 5.41) is 3.22. The molecule has 0 radical (unpaired) electrons. The Morgan fingerprint density at radius 3 is 2.56 bits per heavy atom. The summed E-state index contributed by atoms with van der Waals surface area (Å²) in [6, 6.07) is 10.2. The molecule has 1 aliphatic rings. The zero-order valence-electron chi connectivity index (χ0n) is 9.48. The third-order valence-electron chi connectivity index (χ3n) is 3.00. The number of aromatic nitrogens is 1. The Bertz CT molecular complexity index is 527. The van der Waals surface area contributed by atoms with Crippen molar-refractivity contribution in [1.29, 1.82) is 0 Å². The van der Waals surface area contributed by atoms with Crippen molar-refractivity contribution in [1.82, 2.24) is 4.98 Å². The number of rotatable bonds is 3. The van der Waals surface area contributed by atoms with Crippen molar-refractivity contribution in [2.24, 2.45) is 5.92 Å². The van der Waals surface area contributed by atoms with Crippen LogP contribution < -0.4 is 0 Å². The first-order valence-electron chi connectivity index (χ1n) is 5.53. The molecule has 1 atom stereocenters. The molecule has 0 bridgehead atoms. The molecular formula is C13H12BrCl2NS. The molecule has 1 aromatic heterocycles. The molecule has 2 aromatic rings. The van der Waals surface area contributed by atoms with Gasteiger partial charge in [0.2, 0.25) is 0 Å². The van der Waals surface area contributed by atoms with Crippen LogP contribution in [0.25, 0.3) is 11.3 Å². The topological polar surface area (TPSA) is 12.9 Å². The van der Waals surface area contributed by atoms with Crippen LogP contribution in [-0.2, 0) is 6.42 Å². The molecule has 96 valence electrons. The normalized spacial score (nSPS) is 20.2. The van der Waals surface area contributed by atoms with E-state index < -0.39 is 4.33 Å². The number of hydrogen-bond donors (Lipinski definition) is 0. The van der Waals surface area contributed by atoms with Gasteiger partial charge < -0.3 is 0 Å². The molecule has 5 heteroatoms. The van der Waals surface area contributed by atoms with Gasteiger partial charge in [-0.3, -0.25) is 0 Å². The minimum Gasteiger partial charge on any atom is -0.241 e. The Morgan fingerprint density at radius 1 is 1.28 bits per heavy atom. The first kappa shape index (κ1) is 14.3. The zero-order chi connectivity index (χ0) is 11.9. The van der Waals surface area contributed by atoms with Gasteiger partial charge in [0.05, 0.1) is 10.7 Å². The number of thiazole rings is 1. The maximum Gasteiger partial charge on any atom is 0.122 e. The van der Waals surface area contributed by atoms with Crippen LogP contribution in [0.3, 0.4) is 0 Å². The standard InChI is InChI=1S/C13H11Cl2NS.BrH/c14-13(15)7-10(13)6-12-16-11(8-17-12)9-4-2-1-3-5-9;/h1-5,8,10H,6-7H2;1H. The molecule has 0 saturated heterocycles. The fraction of sp³-hybridized carbons (Fsp3) is 0.308. The Morgan fingerprint density at radius 2 is 1.94 bits per heavy atom. The summed E-state index contributed by atoms with van der Waals surface area (Å²) in [5.41, 5.74) is 2.20. The molecule has 0 N–H and O–H groups in total. The minimum atomic E-state index is -0.501. The highest BCUT2D eigenvalue weighted by molar-refractivity contribution is 8.93. The Hall–Kier alpha value is -0.0900. The first-order chi connectivity index (χ1) is 8.15. The lowest BCUT2D eigenvalue weighted by Gasteiger charge is -1.96. The SMILES string of the molecule is Br.ClC1(Cl)CC1Cc1nc(-c2ccccc2)cs1. The van der Waals surface area contributed by atoms with Gasteiger partial charge in [0, 0.05) is 23.3 Å². The van der Waals surface area contributed by atoms with Crippen LogP contribution >= 0.6 is 51.5 Å². The summed E-state index contributed by atoms with van der Waals surface area (Å²) in [5.74, 6) is 0.376. The summed E-state index contributed by atoms with van der Waals surface area (Å²) >= 11 is 13.7. The lowest BCUT2D eigenvalue weighted by molar-refractivity contribution is 0.813. The van der Waals surface area contributed by atoms with Gasteiger partial charge in [0.1, 0.15) is 4.33 Å². The second-order valence-electron chi connectivity index (χ2n) is 4.36. The highest BCUT2D eigenvalue weighted by Gasteiger charge is 2.51. The number of alkyl halides is 2. The van der Waals surface area contributed by atoms with Gasteiger partial charge in [0.25, 0.3) is 0 Å². The van der Waals surface area contributed by atoms with Crippen LogP contribution in [0.2, 0.25) is 0 Å². The summed E-state index contributed by atoms with van der Waals surface area (Å²) in [6.07, 6.45) is 1.78. The molecule has 1 saturated carbocycles. The number of hydrogen-bond acceptors (Lipinski definition) is 2. The maximum atomic E-state index is 6.02. The fourth-order valence-corrected chi connectivity index (χ4v) is 3.26. The van der Waals surface area contributed by atoms with Gasteiger partial charge in [0.15, 0.2) is 0 Å². The van der Waals surface area contributed by atoms with Crippen LogP contribution in [-0.4, -0.2) is 9.32 Å². The van der Waals surface area contributed by atoms with E-state index in [-0.39, 0.29) is 17.0 Å². The number of halogens is 3. The van der Waals surface area contributed by atoms with E-state index in [0.29, 0.717) is 5.92 Å². The molecule has 1 fully saturated rings. The molecular weight excluding hydrogens is 353 g/mol. The average molecular weight is 365 g/mol. The molecule has 0 amide bonds. The summed E-state index contributed by atoms with van der Waals surface area (Å²) in [7, 11) is 0. The second kappa shape index (κ2) is 5.49.